The van der Waals surface area contributed by atoms with Crippen molar-refractivity contribution in [3.05, 3.63) is 58.5 Å². The summed E-state index contributed by atoms with van der Waals surface area (Å²) in [6.07, 6.45) is 9.84. The van der Waals surface area contributed by atoms with Gasteiger partial charge in [-0.3, -0.25) is 9.20 Å². The molecular formula is C17H17ClIN3O. The zero-order valence-electron chi connectivity index (χ0n) is 12.7. The highest BCUT2D eigenvalue weighted by molar-refractivity contribution is 14.1. The molecule has 120 valence electrons. The molecule has 3 rings (SSSR count). The van der Waals surface area contributed by atoms with Crippen LogP contribution >= 0.6 is 34.2 Å². The van der Waals surface area contributed by atoms with Crippen molar-refractivity contribution in [2.24, 2.45) is 0 Å². The van der Waals surface area contributed by atoms with E-state index in [1.165, 1.54) is 0 Å². The summed E-state index contributed by atoms with van der Waals surface area (Å²) in [6.45, 7) is 2.52. The van der Waals surface area contributed by atoms with E-state index < -0.39 is 0 Å². The van der Waals surface area contributed by atoms with Crippen molar-refractivity contribution in [1.29, 1.82) is 0 Å². The van der Waals surface area contributed by atoms with Crippen LogP contribution in [0.15, 0.2) is 42.1 Å². The van der Waals surface area contributed by atoms with Gasteiger partial charge in [0, 0.05) is 16.7 Å². The van der Waals surface area contributed by atoms with Gasteiger partial charge in [-0.1, -0.05) is 59.3 Å². The van der Waals surface area contributed by atoms with Gasteiger partial charge >= 0.3 is 0 Å². The first-order valence-corrected chi connectivity index (χ1v) is 9.17. The average molecular weight is 442 g/mol. The van der Waals surface area contributed by atoms with Crippen molar-refractivity contribution in [1.82, 2.24) is 14.7 Å². The number of amides is 1. The van der Waals surface area contributed by atoms with Crippen LogP contribution < -0.4 is 5.32 Å². The van der Waals surface area contributed by atoms with E-state index in [0.29, 0.717) is 27.6 Å². The number of pyridine rings is 1. The lowest BCUT2D eigenvalue weighted by atomic mass is 10.1. The van der Waals surface area contributed by atoms with E-state index in [4.69, 9.17) is 11.6 Å². The number of rotatable bonds is 4. The fourth-order valence-electron chi connectivity index (χ4n) is 2.59. The van der Waals surface area contributed by atoms with E-state index >= 15 is 0 Å². The molecule has 0 aromatic carbocycles. The van der Waals surface area contributed by atoms with E-state index in [0.717, 1.165) is 23.3 Å². The average Bonchev–Trinajstić information content (AvgIpc) is 2.91. The number of imidazole rings is 1. The monoisotopic (exact) mass is 441 g/mol. The van der Waals surface area contributed by atoms with Gasteiger partial charge in [-0.25, -0.2) is 4.98 Å². The summed E-state index contributed by atoms with van der Waals surface area (Å²) in [7, 11) is 0. The van der Waals surface area contributed by atoms with Gasteiger partial charge in [0.1, 0.15) is 11.3 Å². The van der Waals surface area contributed by atoms with Crippen molar-refractivity contribution in [2.45, 2.75) is 23.7 Å². The molecule has 0 spiro atoms. The molecule has 0 saturated carbocycles. The van der Waals surface area contributed by atoms with Gasteiger partial charge in [-0.2, -0.15) is 0 Å². The zero-order valence-corrected chi connectivity index (χ0v) is 15.6. The Hall–Kier alpha value is -1.34. The molecule has 2 heterocycles. The van der Waals surface area contributed by atoms with Gasteiger partial charge in [-0.05, 0) is 30.5 Å². The first-order valence-electron chi connectivity index (χ1n) is 7.54. The highest BCUT2D eigenvalue weighted by Gasteiger charge is 2.18. The maximum Gasteiger partial charge on any atom is 0.270 e. The molecule has 2 aromatic rings. The molecule has 0 fully saturated rings. The molecule has 1 amide bonds. The number of allylic oxidation sites excluding steroid dienone is 2. The van der Waals surface area contributed by atoms with E-state index in [1.54, 1.807) is 16.7 Å². The molecule has 0 radical (unpaired) electrons. The SMILES string of the molecule is CCc1nc2ccc(Cl)cn2c1C(=O)NCC1=CC[C@H](I)C=C1. The number of carbonyl (C=O) groups is 1. The predicted molar refractivity (Wildman–Crippen MR) is 102 cm³/mol. The maximum absolute atomic E-state index is 12.6. The molecule has 0 saturated heterocycles. The van der Waals surface area contributed by atoms with Crippen molar-refractivity contribution in [2.75, 3.05) is 6.54 Å². The second kappa shape index (κ2) is 7.05. The highest BCUT2D eigenvalue weighted by Crippen LogP contribution is 2.19. The van der Waals surface area contributed by atoms with Crippen molar-refractivity contribution < 1.29 is 4.79 Å². The molecule has 1 aliphatic carbocycles. The summed E-state index contributed by atoms with van der Waals surface area (Å²) >= 11 is 8.46. The largest absolute Gasteiger partial charge is 0.347 e. The predicted octanol–water partition coefficient (Wildman–Crippen LogP) is 3.97. The molecule has 0 aliphatic heterocycles. The van der Waals surface area contributed by atoms with E-state index in [-0.39, 0.29) is 5.91 Å². The van der Waals surface area contributed by atoms with Crippen LogP contribution in [0.2, 0.25) is 5.02 Å². The molecule has 1 N–H and O–H groups in total. The summed E-state index contributed by atoms with van der Waals surface area (Å²) in [6, 6.07) is 3.61. The van der Waals surface area contributed by atoms with Crippen LogP contribution in [0.3, 0.4) is 0 Å². The number of carbonyl (C=O) groups excluding carboxylic acids is 1. The molecule has 23 heavy (non-hydrogen) atoms. The minimum atomic E-state index is -0.123. The Bertz CT molecular complexity index is 810. The number of hydrogen-bond acceptors (Lipinski definition) is 2. The maximum atomic E-state index is 12.6. The van der Waals surface area contributed by atoms with E-state index in [9.17, 15) is 4.79 Å². The second-order valence-electron chi connectivity index (χ2n) is 5.41. The van der Waals surface area contributed by atoms with Crippen LogP contribution in [0, 0.1) is 0 Å². The normalized spacial score (nSPS) is 17.3. The molecule has 1 atom stereocenters. The minimum absolute atomic E-state index is 0.123. The topological polar surface area (TPSA) is 46.4 Å². The van der Waals surface area contributed by atoms with Crippen molar-refractivity contribution in [3.8, 4) is 0 Å². The van der Waals surface area contributed by atoms with Gasteiger partial charge in [-0.15, -0.1) is 0 Å². The fourth-order valence-corrected chi connectivity index (χ4v) is 3.21. The second-order valence-corrected chi connectivity index (χ2v) is 7.45. The lowest BCUT2D eigenvalue weighted by Crippen LogP contribution is -2.27. The van der Waals surface area contributed by atoms with Gasteiger partial charge < -0.3 is 5.32 Å². The first-order chi connectivity index (χ1) is 11.1. The minimum Gasteiger partial charge on any atom is -0.347 e. The van der Waals surface area contributed by atoms with Crippen LogP contribution in [0.5, 0.6) is 0 Å². The number of alkyl halides is 1. The Morgan fingerprint density at radius 3 is 3.04 bits per heavy atom. The lowest BCUT2D eigenvalue weighted by Gasteiger charge is -2.12. The molecule has 6 heteroatoms. The van der Waals surface area contributed by atoms with Gasteiger partial charge in [0.25, 0.3) is 5.91 Å². The van der Waals surface area contributed by atoms with Crippen molar-refractivity contribution >= 4 is 45.7 Å². The first kappa shape index (κ1) is 16.5. The number of hydrogen-bond donors (Lipinski definition) is 1. The molecule has 1 aliphatic rings. The molecule has 0 unspecified atom stereocenters. The van der Waals surface area contributed by atoms with Gasteiger partial charge in [0.15, 0.2) is 0 Å². The third-order valence-corrected chi connectivity index (χ3v) is 4.93. The highest BCUT2D eigenvalue weighted by atomic mass is 127. The Morgan fingerprint density at radius 1 is 1.52 bits per heavy atom. The zero-order chi connectivity index (χ0) is 16.4. The summed E-state index contributed by atoms with van der Waals surface area (Å²) in [5, 5.41) is 3.57. The summed E-state index contributed by atoms with van der Waals surface area (Å²) in [5.41, 5.74) is 3.22. The number of fused-ring (bicyclic) bond motifs is 1. The number of aromatic nitrogens is 2. The number of halogens is 2. The third kappa shape index (κ3) is 3.61. The number of nitrogens with zero attached hydrogens (tertiary/aromatic N) is 2. The van der Waals surface area contributed by atoms with E-state index in [1.807, 2.05) is 13.0 Å². The molecule has 0 bridgehead atoms. The lowest BCUT2D eigenvalue weighted by molar-refractivity contribution is 0.0950. The van der Waals surface area contributed by atoms with Gasteiger partial charge in [0.2, 0.25) is 0 Å². The van der Waals surface area contributed by atoms with Crippen LogP contribution in [0.25, 0.3) is 5.65 Å². The number of nitrogens with one attached hydrogen (secondary N) is 1. The standard InChI is InChI=1S/C17H17ClIN3O/c1-2-14-16(22-10-12(18)5-8-15(22)21-14)17(23)20-9-11-3-6-13(19)7-4-11/h3-6,8,10,13H,2,7,9H2,1H3,(H,20,23)/t13-/m1/s1. The summed E-state index contributed by atoms with van der Waals surface area (Å²) in [5.74, 6) is -0.123. The Labute approximate surface area is 153 Å². The smallest absolute Gasteiger partial charge is 0.270 e. The Morgan fingerprint density at radius 2 is 2.35 bits per heavy atom. The number of aryl methyl sites for hydroxylation is 1. The third-order valence-electron chi connectivity index (χ3n) is 3.78. The van der Waals surface area contributed by atoms with Crippen LogP contribution in [0.1, 0.15) is 29.5 Å². The Balaban J connectivity index is 1.83. The molecule has 2 aromatic heterocycles. The molecule has 4 nitrogen and oxygen atoms in total. The quantitative estimate of drug-likeness (QED) is 0.576. The van der Waals surface area contributed by atoms with Gasteiger partial charge in [0.05, 0.1) is 10.7 Å². The van der Waals surface area contributed by atoms with Crippen LogP contribution in [0.4, 0.5) is 0 Å². The molecular weight excluding hydrogens is 425 g/mol. The fraction of sp³-hybridized carbons (Fsp3) is 0.294. The summed E-state index contributed by atoms with van der Waals surface area (Å²) < 4.78 is 2.31. The van der Waals surface area contributed by atoms with Crippen molar-refractivity contribution in [3.63, 3.8) is 0 Å². The summed E-state index contributed by atoms with van der Waals surface area (Å²) in [4.78, 5) is 17.2. The van der Waals surface area contributed by atoms with E-state index in [2.05, 4.69) is 51.1 Å². The van der Waals surface area contributed by atoms with Crippen LogP contribution in [-0.4, -0.2) is 25.8 Å². The van der Waals surface area contributed by atoms with Crippen LogP contribution in [-0.2, 0) is 6.42 Å². The Kier molecular flexibility index (Phi) is 5.06.